The summed E-state index contributed by atoms with van der Waals surface area (Å²) in [6.07, 6.45) is 2.08. The Hall–Kier alpha value is -1.14. The summed E-state index contributed by atoms with van der Waals surface area (Å²) in [5, 5.41) is 18.1. The zero-order valence-electron chi connectivity index (χ0n) is 12.5. The maximum atomic E-state index is 11.6. The van der Waals surface area contributed by atoms with E-state index in [0.717, 1.165) is 23.5 Å². The van der Waals surface area contributed by atoms with Crippen molar-refractivity contribution < 1.29 is 9.90 Å². The number of aliphatic hydroxyl groups excluding tert-OH is 1. The van der Waals surface area contributed by atoms with Crippen LogP contribution in [0.3, 0.4) is 0 Å². The molecule has 0 aromatic carbocycles. The zero-order chi connectivity index (χ0) is 15.0. The van der Waals surface area contributed by atoms with E-state index in [0.29, 0.717) is 19.5 Å². The van der Waals surface area contributed by atoms with E-state index >= 15 is 0 Å². The van der Waals surface area contributed by atoms with Crippen molar-refractivity contribution >= 4 is 17.4 Å². The standard InChI is InChI=1S/C14H25N3O2S/c1-4-13-17-12(9-20-13)5-6-15-14(19)16-8-10(2)7-11(3)18/h9-11,18H,4-8H2,1-3H3,(H2,15,16,19). The predicted octanol–water partition coefficient (Wildman–Crippen LogP) is 1.95. The Morgan fingerprint density at radius 3 is 2.80 bits per heavy atom. The number of nitrogens with one attached hydrogen (secondary N) is 2. The molecule has 20 heavy (non-hydrogen) atoms. The third-order valence-electron chi connectivity index (χ3n) is 2.92. The SMILES string of the molecule is CCc1nc(CCNC(=O)NCC(C)CC(C)O)cs1. The number of aliphatic hydroxyl groups is 1. The normalized spacial score (nSPS) is 13.8. The molecular weight excluding hydrogens is 274 g/mol. The first-order valence-corrected chi connectivity index (χ1v) is 8.02. The number of hydrogen-bond donors (Lipinski definition) is 3. The molecule has 114 valence electrons. The molecule has 0 bridgehead atoms. The van der Waals surface area contributed by atoms with E-state index in [1.165, 1.54) is 0 Å². The first-order valence-electron chi connectivity index (χ1n) is 7.14. The number of carbonyl (C=O) groups is 1. The summed E-state index contributed by atoms with van der Waals surface area (Å²) in [6.45, 7) is 7.02. The van der Waals surface area contributed by atoms with Crippen LogP contribution in [-0.2, 0) is 12.8 Å². The average molecular weight is 299 g/mol. The van der Waals surface area contributed by atoms with Gasteiger partial charge in [0.05, 0.1) is 16.8 Å². The predicted molar refractivity (Wildman–Crippen MR) is 82.1 cm³/mol. The van der Waals surface area contributed by atoms with E-state index < -0.39 is 0 Å². The highest BCUT2D eigenvalue weighted by Crippen LogP contribution is 2.10. The summed E-state index contributed by atoms with van der Waals surface area (Å²) in [5.41, 5.74) is 1.04. The summed E-state index contributed by atoms with van der Waals surface area (Å²) in [7, 11) is 0. The number of nitrogens with zero attached hydrogens (tertiary/aromatic N) is 1. The second kappa shape index (κ2) is 8.92. The summed E-state index contributed by atoms with van der Waals surface area (Å²) in [6, 6.07) is -0.159. The van der Waals surface area contributed by atoms with Crippen LogP contribution in [0, 0.1) is 5.92 Å². The molecule has 0 saturated carbocycles. The van der Waals surface area contributed by atoms with Crippen LogP contribution >= 0.6 is 11.3 Å². The van der Waals surface area contributed by atoms with Crippen LogP contribution in [-0.4, -0.2) is 35.3 Å². The number of aromatic nitrogens is 1. The monoisotopic (exact) mass is 299 g/mol. The molecule has 2 atom stereocenters. The van der Waals surface area contributed by atoms with Gasteiger partial charge in [-0.1, -0.05) is 13.8 Å². The molecule has 1 rings (SSSR count). The lowest BCUT2D eigenvalue weighted by Gasteiger charge is -2.14. The molecule has 0 aliphatic heterocycles. The molecule has 0 saturated heterocycles. The smallest absolute Gasteiger partial charge is 0.314 e. The van der Waals surface area contributed by atoms with Gasteiger partial charge in [0.1, 0.15) is 0 Å². The lowest BCUT2D eigenvalue weighted by atomic mass is 10.1. The van der Waals surface area contributed by atoms with Crippen LogP contribution in [0.1, 0.15) is 37.9 Å². The first kappa shape index (κ1) is 16.9. The highest BCUT2D eigenvalue weighted by atomic mass is 32.1. The fourth-order valence-corrected chi connectivity index (χ4v) is 2.70. The number of rotatable bonds is 8. The lowest BCUT2D eigenvalue weighted by Crippen LogP contribution is -2.39. The molecule has 6 heteroatoms. The van der Waals surface area contributed by atoms with Crippen LogP contribution in [0.4, 0.5) is 4.79 Å². The number of amides is 2. The molecule has 2 unspecified atom stereocenters. The van der Waals surface area contributed by atoms with Crippen molar-refractivity contribution in [2.24, 2.45) is 5.92 Å². The fourth-order valence-electron chi connectivity index (χ4n) is 1.93. The number of hydrogen-bond acceptors (Lipinski definition) is 4. The van der Waals surface area contributed by atoms with E-state index in [4.69, 9.17) is 0 Å². The molecule has 1 aromatic rings. The Morgan fingerprint density at radius 2 is 2.20 bits per heavy atom. The van der Waals surface area contributed by atoms with Crippen molar-refractivity contribution in [1.82, 2.24) is 15.6 Å². The van der Waals surface area contributed by atoms with Crippen LogP contribution in [0.5, 0.6) is 0 Å². The molecule has 0 aliphatic rings. The van der Waals surface area contributed by atoms with Gasteiger partial charge < -0.3 is 15.7 Å². The van der Waals surface area contributed by atoms with Crippen LogP contribution in [0.2, 0.25) is 0 Å². The minimum absolute atomic E-state index is 0.159. The minimum atomic E-state index is -0.327. The van der Waals surface area contributed by atoms with E-state index in [-0.39, 0.29) is 18.1 Å². The van der Waals surface area contributed by atoms with E-state index in [1.807, 2.05) is 12.3 Å². The summed E-state index contributed by atoms with van der Waals surface area (Å²) >= 11 is 1.67. The Kier molecular flexibility index (Phi) is 7.54. The van der Waals surface area contributed by atoms with Crippen molar-refractivity contribution in [1.29, 1.82) is 0 Å². The lowest BCUT2D eigenvalue weighted by molar-refractivity contribution is 0.163. The van der Waals surface area contributed by atoms with Gasteiger partial charge in [0.2, 0.25) is 0 Å². The molecule has 0 fully saturated rings. The van der Waals surface area contributed by atoms with Crippen molar-refractivity contribution in [3.05, 3.63) is 16.1 Å². The number of aryl methyl sites for hydroxylation is 1. The molecular formula is C14H25N3O2S. The average Bonchev–Trinajstić information content (AvgIpc) is 2.83. The highest BCUT2D eigenvalue weighted by molar-refractivity contribution is 7.09. The van der Waals surface area contributed by atoms with Crippen LogP contribution in [0.15, 0.2) is 5.38 Å². The fraction of sp³-hybridized carbons (Fsp3) is 0.714. The van der Waals surface area contributed by atoms with Gasteiger partial charge in [-0.25, -0.2) is 9.78 Å². The molecule has 1 aromatic heterocycles. The van der Waals surface area contributed by atoms with Crippen LogP contribution < -0.4 is 10.6 Å². The molecule has 3 N–H and O–H groups in total. The maximum absolute atomic E-state index is 11.6. The van der Waals surface area contributed by atoms with E-state index in [2.05, 4.69) is 22.5 Å². The summed E-state index contributed by atoms with van der Waals surface area (Å²) < 4.78 is 0. The van der Waals surface area contributed by atoms with Gasteiger partial charge >= 0.3 is 6.03 Å². The van der Waals surface area contributed by atoms with E-state index in [1.54, 1.807) is 18.3 Å². The zero-order valence-corrected chi connectivity index (χ0v) is 13.3. The second-order valence-corrected chi connectivity index (χ2v) is 6.11. The van der Waals surface area contributed by atoms with Gasteiger partial charge in [-0.3, -0.25) is 0 Å². The molecule has 0 spiro atoms. The topological polar surface area (TPSA) is 74.2 Å². The third-order valence-corrected chi connectivity index (χ3v) is 3.96. The molecule has 2 amide bonds. The Labute approximate surface area is 124 Å². The number of urea groups is 1. The van der Waals surface area contributed by atoms with E-state index in [9.17, 15) is 9.90 Å². The third kappa shape index (κ3) is 6.86. The van der Waals surface area contributed by atoms with Crippen molar-refractivity contribution in [3.8, 4) is 0 Å². The van der Waals surface area contributed by atoms with Gasteiger partial charge in [0.15, 0.2) is 0 Å². The van der Waals surface area contributed by atoms with Gasteiger partial charge in [0.25, 0.3) is 0 Å². The molecule has 0 radical (unpaired) electrons. The van der Waals surface area contributed by atoms with Gasteiger partial charge in [-0.2, -0.15) is 0 Å². The quantitative estimate of drug-likeness (QED) is 0.687. The van der Waals surface area contributed by atoms with Crippen molar-refractivity contribution in [2.75, 3.05) is 13.1 Å². The van der Waals surface area contributed by atoms with Gasteiger partial charge in [-0.15, -0.1) is 11.3 Å². The summed E-state index contributed by atoms with van der Waals surface area (Å²) in [4.78, 5) is 16.0. The Morgan fingerprint density at radius 1 is 1.45 bits per heavy atom. The minimum Gasteiger partial charge on any atom is -0.393 e. The Bertz CT molecular complexity index is 407. The van der Waals surface area contributed by atoms with Crippen LogP contribution in [0.25, 0.3) is 0 Å². The van der Waals surface area contributed by atoms with Gasteiger partial charge in [0, 0.05) is 24.9 Å². The van der Waals surface area contributed by atoms with Gasteiger partial charge in [-0.05, 0) is 25.7 Å². The number of carbonyl (C=O) groups excluding carboxylic acids is 1. The summed E-state index contributed by atoms with van der Waals surface area (Å²) in [5.74, 6) is 0.270. The Balaban J connectivity index is 2.13. The highest BCUT2D eigenvalue weighted by Gasteiger charge is 2.08. The largest absolute Gasteiger partial charge is 0.393 e. The molecule has 1 heterocycles. The molecule has 5 nitrogen and oxygen atoms in total. The maximum Gasteiger partial charge on any atom is 0.314 e. The van der Waals surface area contributed by atoms with Crippen molar-refractivity contribution in [2.45, 2.75) is 46.1 Å². The molecule has 0 aliphatic carbocycles. The first-order chi connectivity index (χ1) is 9.51. The van der Waals surface area contributed by atoms with Crippen molar-refractivity contribution in [3.63, 3.8) is 0 Å². The number of thiazole rings is 1. The second-order valence-electron chi connectivity index (χ2n) is 5.16.